The molecule has 3 heterocycles. The van der Waals surface area contributed by atoms with Gasteiger partial charge in [-0.15, -0.1) is 0 Å². The molecule has 0 aromatic carbocycles. The summed E-state index contributed by atoms with van der Waals surface area (Å²) in [6.45, 7) is 1.87. The zero-order valence-electron chi connectivity index (χ0n) is 10.0. The normalized spacial score (nSPS) is 20.8. The van der Waals surface area contributed by atoms with E-state index in [-0.39, 0.29) is 12.0 Å². The number of pyridine rings is 1. The number of aromatic hydroxyl groups is 1. The topological polar surface area (TPSA) is 54.8 Å². The first-order valence-corrected chi connectivity index (χ1v) is 6.19. The Morgan fingerprint density at radius 1 is 1.17 bits per heavy atom. The van der Waals surface area contributed by atoms with Gasteiger partial charge in [0.15, 0.2) is 0 Å². The summed E-state index contributed by atoms with van der Waals surface area (Å²) in [5, 5.41) is 9.22. The minimum absolute atomic E-state index is 0.111. The Labute approximate surface area is 106 Å². The number of ether oxygens (including phenoxy) is 2. The van der Waals surface area contributed by atoms with Crippen molar-refractivity contribution in [1.82, 2.24) is 4.98 Å². The second kappa shape index (κ2) is 4.76. The van der Waals surface area contributed by atoms with Crippen LogP contribution in [0.3, 0.4) is 0 Å². The molecule has 1 aromatic heterocycles. The van der Waals surface area contributed by atoms with Gasteiger partial charge in [-0.05, 0) is 25.0 Å². The maximum Gasteiger partial charge on any atom is 0.242 e. The van der Waals surface area contributed by atoms with Crippen molar-refractivity contribution >= 4 is 5.82 Å². The van der Waals surface area contributed by atoms with Gasteiger partial charge in [0.1, 0.15) is 24.1 Å². The van der Waals surface area contributed by atoms with Crippen LogP contribution in [0.5, 0.6) is 5.75 Å². The van der Waals surface area contributed by atoms with E-state index >= 15 is 0 Å². The third-order valence-electron chi connectivity index (χ3n) is 3.46. The predicted molar refractivity (Wildman–Crippen MR) is 65.9 cm³/mol. The van der Waals surface area contributed by atoms with Crippen LogP contribution in [0, 0.1) is 5.92 Å². The first kappa shape index (κ1) is 11.2. The van der Waals surface area contributed by atoms with Gasteiger partial charge in [-0.3, -0.25) is 0 Å². The maximum atomic E-state index is 9.22. The van der Waals surface area contributed by atoms with Crippen molar-refractivity contribution in [1.29, 1.82) is 0 Å². The third kappa shape index (κ3) is 2.20. The molecule has 0 saturated carbocycles. The van der Waals surface area contributed by atoms with E-state index in [0.717, 1.165) is 31.7 Å². The fourth-order valence-electron chi connectivity index (χ4n) is 2.44. The number of piperidine rings is 1. The van der Waals surface area contributed by atoms with Gasteiger partial charge < -0.3 is 19.5 Å². The average Bonchev–Trinajstić information content (AvgIpc) is 2.94. The maximum absolute atomic E-state index is 9.22. The molecule has 5 nitrogen and oxygen atoms in total. The molecule has 1 aromatic rings. The fraction of sp³-hybridized carbons (Fsp3) is 0.462. The van der Waals surface area contributed by atoms with Gasteiger partial charge in [0, 0.05) is 19.0 Å². The van der Waals surface area contributed by atoms with E-state index in [0.29, 0.717) is 5.92 Å². The highest BCUT2D eigenvalue weighted by Gasteiger charge is 2.30. The molecular formula is C13H16N2O3. The molecule has 96 valence electrons. The third-order valence-corrected chi connectivity index (χ3v) is 3.46. The van der Waals surface area contributed by atoms with E-state index in [1.165, 1.54) is 6.20 Å². The zero-order chi connectivity index (χ0) is 12.4. The molecule has 3 rings (SSSR count). The van der Waals surface area contributed by atoms with Crippen LogP contribution in [0.4, 0.5) is 5.82 Å². The molecule has 0 atom stereocenters. The van der Waals surface area contributed by atoms with Gasteiger partial charge in [0.25, 0.3) is 0 Å². The second-order valence-corrected chi connectivity index (χ2v) is 4.61. The lowest BCUT2D eigenvalue weighted by Gasteiger charge is -2.34. The van der Waals surface area contributed by atoms with Crippen LogP contribution in [-0.4, -0.2) is 29.5 Å². The van der Waals surface area contributed by atoms with E-state index in [1.54, 1.807) is 18.6 Å². The SMILES string of the molecule is Oc1ccc(N2CCC(C3OC=CO3)CC2)nc1. The Bertz CT molecular complexity index is 416. The summed E-state index contributed by atoms with van der Waals surface area (Å²) < 4.78 is 10.8. The first-order chi connectivity index (χ1) is 8.83. The molecule has 0 radical (unpaired) electrons. The van der Waals surface area contributed by atoms with Crippen molar-refractivity contribution in [2.75, 3.05) is 18.0 Å². The highest BCUT2D eigenvalue weighted by molar-refractivity contribution is 5.40. The summed E-state index contributed by atoms with van der Waals surface area (Å²) in [5.41, 5.74) is 0. The lowest BCUT2D eigenvalue weighted by molar-refractivity contribution is -0.0728. The monoisotopic (exact) mass is 248 g/mol. The summed E-state index contributed by atoms with van der Waals surface area (Å²) in [4.78, 5) is 6.45. The van der Waals surface area contributed by atoms with Gasteiger partial charge in [-0.25, -0.2) is 4.98 Å². The Hall–Kier alpha value is -1.91. The zero-order valence-corrected chi connectivity index (χ0v) is 10.0. The highest BCUT2D eigenvalue weighted by atomic mass is 16.7. The molecule has 0 amide bonds. The van der Waals surface area contributed by atoms with Crippen molar-refractivity contribution in [3.8, 4) is 5.75 Å². The Morgan fingerprint density at radius 2 is 1.89 bits per heavy atom. The Balaban J connectivity index is 1.57. The lowest BCUT2D eigenvalue weighted by Crippen LogP contribution is -2.38. The van der Waals surface area contributed by atoms with Crippen LogP contribution < -0.4 is 4.90 Å². The van der Waals surface area contributed by atoms with Gasteiger partial charge in [0.05, 0.1) is 6.20 Å². The molecular weight excluding hydrogens is 232 g/mol. The average molecular weight is 248 g/mol. The largest absolute Gasteiger partial charge is 0.506 e. The first-order valence-electron chi connectivity index (χ1n) is 6.19. The highest BCUT2D eigenvalue weighted by Crippen LogP contribution is 2.28. The minimum atomic E-state index is -0.111. The van der Waals surface area contributed by atoms with Gasteiger partial charge in [-0.1, -0.05) is 0 Å². The minimum Gasteiger partial charge on any atom is -0.506 e. The van der Waals surface area contributed by atoms with Gasteiger partial charge in [-0.2, -0.15) is 0 Å². The number of hydrogen-bond donors (Lipinski definition) is 1. The molecule has 18 heavy (non-hydrogen) atoms. The molecule has 0 bridgehead atoms. The van der Waals surface area contributed by atoms with Crippen LogP contribution in [0.2, 0.25) is 0 Å². The number of rotatable bonds is 2. The van der Waals surface area contributed by atoms with E-state index in [1.807, 2.05) is 6.07 Å². The summed E-state index contributed by atoms with van der Waals surface area (Å²) in [7, 11) is 0. The van der Waals surface area contributed by atoms with E-state index in [2.05, 4.69) is 9.88 Å². The lowest BCUT2D eigenvalue weighted by atomic mass is 9.96. The quantitative estimate of drug-likeness (QED) is 0.865. The van der Waals surface area contributed by atoms with Crippen LogP contribution >= 0.6 is 0 Å². The number of hydrogen-bond acceptors (Lipinski definition) is 5. The van der Waals surface area contributed by atoms with Crippen LogP contribution in [0.1, 0.15) is 12.8 Å². The van der Waals surface area contributed by atoms with Gasteiger partial charge >= 0.3 is 0 Å². The molecule has 5 heteroatoms. The molecule has 2 aliphatic heterocycles. The second-order valence-electron chi connectivity index (χ2n) is 4.61. The molecule has 0 unspecified atom stereocenters. The Morgan fingerprint density at radius 3 is 2.50 bits per heavy atom. The van der Waals surface area contributed by atoms with Crippen molar-refractivity contribution in [3.05, 3.63) is 30.9 Å². The fourth-order valence-corrected chi connectivity index (χ4v) is 2.44. The summed E-state index contributed by atoms with van der Waals surface area (Å²) >= 11 is 0. The molecule has 1 fully saturated rings. The summed E-state index contributed by atoms with van der Waals surface area (Å²) in [6, 6.07) is 3.52. The van der Waals surface area contributed by atoms with E-state index in [4.69, 9.17) is 9.47 Å². The van der Waals surface area contributed by atoms with Crippen LogP contribution in [0.25, 0.3) is 0 Å². The van der Waals surface area contributed by atoms with E-state index < -0.39 is 0 Å². The van der Waals surface area contributed by atoms with Crippen molar-refractivity contribution in [3.63, 3.8) is 0 Å². The smallest absolute Gasteiger partial charge is 0.242 e. The standard InChI is InChI=1S/C13H16N2O3/c16-11-1-2-12(14-9-11)15-5-3-10(4-6-15)13-17-7-8-18-13/h1-2,7-10,13,16H,3-6H2. The number of anilines is 1. The molecule has 0 spiro atoms. The van der Waals surface area contributed by atoms with E-state index in [9.17, 15) is 5.11 Å². The van der Waals surface area contributed by atoms with Gasteiger partial charge in [0.2, 0.25) is 6.29 Å². The van der Waals surface area contributed by atoms with Crippen molar-refractivity contribution in [2.45, 2.75) is 19.1 Å². The Kier molecular flexibility index (Phi) is 2.96. The number of aromatic nitrogens is 1. The number of nitrogens with zero attached hydrogens (tertiary/aromatic N) is 2. The summed E-state index contributed by atoms with van der Waals surface area (Å²) in [5.74, 6) is 1.55. The van der Waals surface area contributed by atoms with Crippen LogP contribution in [-0.2, 0) is 9.47 Å². The molecule has 1 saturated heterocycles. The van der Waals surface area contributed by atoms with Crippen molar-refractivity contribution < 1.29 is 14.6 Å². The molecule has 1 N–H and O–H groups in total. The molecule has 2 aliphatic rings. The van der Waals surface area contributed by atoms with Crippen molar-refractivity contribution in [2.24, 2.45) is 5.92 Å². The predicted octanol–water partition coefficient (Wildman–Crippen LogP) is 1.85. The van der Waals surface area contributed by atoms with Crippen LogP contribution in [0.15, 0.2) is 30.9 Å². The molecule has 0 aliphatic carbocycles. The summed E-state index contributed by atoms with van der Waals surface area (Å²) in [6.07, 6.45) is 6.63.